The van der Waals surface area contributed by atoms with Gasteiger partial charge in [-0.15, -0.1) is 0 Å². The van der Waals surface area contributed by atoms with Crippen LogP contribution in [0.4, 0.5) is 0 Å². The quantitative estimate of drug-likeness (QED) is 0.797. The van der Waals surface area contributed by atoms with Crippen LogP contribution in [-0.4, -0.2) is 27.0 Å². The minimum Gasteiger partial charge on any atom is -0.394 e. The second-order valence-electron chi connectivity index (χ2n) is 4.00. The van der Waals surface area contributed by atoms with Crippen LogP contribution in [0.1, 0.15) is 26.3 Å². The fraction of sp³-hybridized carbons (Fsp3) is 0.667. The number of hydrogen-bond acceptors (Lipinski definition) is 3. The Hall–Kier alpha value is -0.580. The van der Waals surface area contributed by atoms with Gasteiger partial charge in [-0.2, -0.15) is 5.10 Å². The van der Waals surface area contributed by atoms with Gasteiger partial charge >= 0.3 is 0 Å². The van der Waals surface area contributed by atoms with E-state index >= 15 is 0 Å². The first-order valence-corrected chi connectivity index (χ1v) is 4.92. The first-order chi connectivity index (χ1) is 6.44. The van der Waals surface area contributed by atoms with Crippen LogP contribution in [0.15, 0.2) is 12.4 Å². The summed E-state index contributed by atoms with van der Waals surface area (Å²) in [5.41, 5.74) is 5.27. The highest BCUT2D eigenvalue weighted by atomic mass is 35.5. The summed E-state index contributed by atoms with van der Waals surface area (Å²) in [6.07, 6.45) is 3.99. The molecule has 0 aromatic carbocycles. The van der Waals surface area contributed by atoms with Crippen LogP contribution in [0.5, 0.6) is 0 Å². The standard InChI is InChI=1S/C9H16ClN3O/c1-7(3-9(2,11)6-14)13-5-8(10)4-12-13/h4-5,7,14H,3,6,11H2,1-2H3. The molecule has 0 saturated carbocycles. The van der Waals surface area contributed by atoms with Crippen LogP contribution < -0.4 is 5.73 Å². The molecule has 0 radical (unpaired) electrons. The molecule has 0 amide bonds. The van der Waals surface area contributed by atoms with Crippen LogP contribution in [0.2, 0.25) is 5.02 Å². The summed E-state index contributed by atoms with van der Waals surface area (Å²) in [4.78, 5) is 0. The van der Waals surface area contributed by atoms with Crippen molar-refractivity contribution in [1.82, 2.24) is 9.78 Å². The summed E-state index contributed by atoms with van der Waals surface area (Å²) in [7, 11) is 0. The van der Waals surface area contributed by atoms with E-state index in [4.69, 9.17) is 22.4 Å². The smallest absolute Gasteiger partial charge is 0.0785 e. The van der Waals surface area contributed by atoms with Gasteiger partial charge in [0.15, 0.2) is 0 Å². The molecule has 0 aliphatic rings. The van der Waals surface area contributed by atoms with Crippen molar-refractivity contribution in [1.29, 1.82) is 0 Å². The maximum absolute atomic E-state index is 9.01. The maximum Gasteiger partial charge on any atom is 0.0785 e. The molecule has 14 heavy (non-hydrogen) atoms. The van der Waals surface area contributed by atoms with E-state index in [0.29, 0.717) is 11.4 Å². The van der Waals surface area contributed by atoms with E-state index in [2.05, 4.69) is 5.10 Å². The molecule has 2 unspecified atom stereocenters. The fourth-order valence-electron chi connectivity index (χ4n) is 1.39. The Morgan fingerprint density at radius 1 is 1.79 bits per heavy atom. The van der Waals surface area contributed by atoms with E-state index in [-0.39, 0.29) is 12.6 Å². The molecule has 0 aliphatic carbocycles. The molecule has 0 fully saturated rings. The van der Waals surface area contributed by atoms with Gasteiger partial charge in [0.05, 0.1) is 23.9 Å². The average molecular weight is 218 g/mol. The van der Waals surface area contributed by atoms with Crippen LogP contribution in [0.25, 0.3) is 0 Å². The van der Waals surface area contributed by atoms with Crippen molar-refractivity contribution in [2.45, 2.75) is 31.8 Å². The Morgan fingerprint density at radius 3 is 2.86 bits per heavy atom. The minimum atomic E-state index is -0.572. The van der Waals surface area contributed by atoms with Crippen molar-refractivity contribution in [3.05, 3.63) is 17.4 Å². The number of rotatable bonds is 4. The summed E-state index contributed by atoms with van der Waals surface area (Å²) in [6, 6.07) is 0.129. The molecule has 2 atom stereocenters. The van der Waals surface area contributed by atoms with Crippen LogP contribution in [0, 0.1) is 0 Å². The van der Waals surface area contributed by atoms with Gasteiger partial charge in [-0.05, 0) is 20.3 Å². The van der Waals surface area contributed by atoms with Crippen molar-refractivity contribution in [2.75, 3.05) is 6.61 Å². The van der Waals surface area contributed by atoms with E-state index in [1.165, 1.54) is 0 Å². The predicted octanol–water partition coefficient (Wildman–Crippen LogP) is 1.20. The first kappa shape index (κ1) is 11.5. The van der Waals surface area contributed by atoms with Crippen molar-refractivity contribution >= 4 is 11.6 Å². The van der Waals surface area contributed by atoms with Gasteiger partial charge in [0.1, 0.15) is 0 Å². The second kappa shape index (κ2) is 4.29. The van der Waals surface area contributed by atoms with Gasteiger partial charge in [-0.3, -0.25) is 4.68 Å². The summed E-state index contributed by atoms with van der Waals surface area (Å²) in [5.74, 6) is 0. The molecule has 1 rings (SSSR count). The Morgan fingerprint density at radius 2 is 2.43 bits per heavy atom. The molecule has 3 N–H and O–H groups in total. The zero-order valence-electron chi connectivity index (χ0n) is 8.44. The van der Waals surface area contributed by atoms with Crippen LogP contribution in [-0.2, 0) is 0 Å². The zero-order valence-corrected chi connectivity index (χ0v) is 9.20. The lowest BCUT2D eigenvalue weighted by atomic mass is 9.96. The van der Waals surface area contributed by atoms with Gasteiger partial charge in [-0.1, -0.05) is 11.6 Å². The monoisotopic (exact) mass is 217 g/mol. The average Bonchev–Trinajstić information content (AvgIpc) is 2.51. The summed E-state index contributed by atoms with van der Waals surface area (Å²) < 4.78 is 1.75. The van der Waals surface area contributed by atoms with Crippen molar-refractivity contribution < 1.29 is 5.11 Å². The highest BCUT2D eigenvalue weighted by molar-refractivity contribution is 6.30. The van der Waals surface area contributed by atoms with Gasteiger partial charge < -0.3 is 10.8 Å². The summed E-state index contributed by atoms with van der Waals surface area (Å²) in [6.45, 7) is 3.77. The molecule has 1 aromatic rings. The lowest BCUT2D eigenvalue weighted by Gasteiger charge is -2.25. The topological polar surface area (TPSA) is 64.1 Å². The molecular formula is C9H16ClN3O. The normalized spacial score (nSPS) is 17.8. The van der Waals surface area contributed by atoms with Crippen molar-refractivity contribution in [2.24, 2.45) is 5.73 Å². The Kier molecular flexibility index (Phi) is 3.53. The molecule has 0 bridgehead atoms. The zero-order chi connectivity index (χ0) is 10.8. The molecule has 80 valence electrons. The molecule has 0 saturated heterocycles. The third-order valence-electron chi connectivity index (χ3n) is 2.14. The second-order valence-corrected chi connectivity index (χ2v) is 4.44. The number of hydrogen-bond donors (Lipinski definition) is 2. The van der Waals surface area contributed by atoms with Gasteiger partial charge in [0.25, 0.3) is 0 Å². The van der Waals surface area contributed by atoms with Crippen molar-refractivity contribution in [3.8, 4) is 0 Å². The molecule has 0 aliphatic heterocycles. The van der Waals surface area contributed by atoms with Crippen LogP contribution in [0.3, 0.4) is 0 Å². The summed E-state index contributed by atoms with van der Waals surface area (Å²) >= 11 is 5.75. The Balaban J connectivity index is 2.63. The number of aliphatic hydroxyl groups excluding tert-OH is 1. The van der Waals surface area contributed by atoms with E-state index in [0.717, 1.165) is 0 Å². The van der Waals surface area contributed by atoms with Crippen molar-refractivity contribution in [3.63, 3.8) is 0 Å². The van der Waals surface area contributed by atoms with Gasteiger partial charge in [0.2, 0.25) is 0 Å². The first-order valence-electron chi connectivity index (χ1n) is 4.54. The Labute approximate surface area is 88.7 Å². The van der Waals surface area contributed by atoms with Gasteiger partial charge in [-0.25, -0.2) is 0 Å². The largest absolute Gasteiger partial charge is 0.394 e. The number of halogens is 1. The van der Waals surface area contributed by atoms with E-state index in [9.17, 15) is 0 Å². The van der Waals surface area contributed by atoms with E-state index in [1.54, 1.807) is 17.1 Å². The number of aromatic nitrogens is 2. The lowest BCUT2D eigenvalue weighted by molar-refractivity contribution is 0.182. The minimum absolute atomic E-state index is 0.0354. The molecule has 5 heteroatoms. The lowest BCUT2D eigenvalue weighted by Crippen LogP contribution is -2.42. The van der Waals surface area contributed by atoms with E-state index < -0.39 is 5.54 Å². The SMILES string of the molecule is CC(CC(C)(N)CO)n1cc(Cl)cn1. The Bertz CT molecular complexity index is 298. The highest BCUT2D eigenvalue weighted by Gasteiger charge is 2.21. The third-order valence-corrected chi connectivity index (χ3v) is 2.34. The number of nitrogens with zero attached hydrogens (tertiary/aromatic N) is 2. The molecule has 0 spiro atoms. The van der Waals surface area contributed by atoms with Crippen LogP contribution >= 0.6 is 11.6 Å². The third kappa shape index (κ3) is 2.97. The number of nitrogens with two attached hydrogens (primary N) is 1. The summed E-state index contributed by atoms with van der Waals surface area (Å²) in [5, 5.41) is 13.7. The molecule has 1 heterocycles. The van der Waals surface area contributed by atoms with Gasteiger partial charge in [0, 0.05) is 11.7 Å². The predicted molar refractivity (Wildman–Crippen MR) is 56.2 cm³/mol. The number of aliphatic hydroxyl groups is 1. The fourth-order valence-corrected chi connectivity index (χ4v) is 1.53. The highest BCUT2D eigenvalue weighted by Crippen LogP contribution is 2.19. The maximum atomic E-state index is 9.01. The van der Waals surface area contributed by atoms with E-state index in [1.807, 2.05) is 13.8 Å². The molecular weight excluding hydrogens is 202 g/mol. The molecule has 4 nitrogen and oxygen atoms in total. The molecule has 1 aromatic heterocycles.